The monoisotopic (exact) mass is 292 g/mol. The number of unbranched alkanes of at least 4 members (excludes halogenated alkanes) is 1. The minimum Gasteiger partial charge on any atom is -0.491 e. The highest BCUT2D eigenvalue weighted by molar-refractivity contribution is 5.29. The predicted octanol–water partition coefficient (Wildman–Crippen LogP) is 3.97. The van der Waals surface area contributed by atoms with Crippen LogP contribution in [-0.2, 0) is 0 Å². The first-order valence-electron chi connectivity index (χ1n) is 7.56. The molecule has 0 saturated heterocycles. The van der Waals surface area contributed by atoms with Crippen LogP contribution in [-0.4, -0.2) is 18.7 Å². The Hall–Kier alpha value is -1.60. The quantitative estimate of drug-likeness (QED) is 0.701. The zero-order valence-electron chi connectivity index (χ0n) is 13.2. The second-order valence-corrected chi connectivity index (χ2v) is 5.56. The van der Waals surface area contributed by atoms with E-state index in [4.69, 9.17) is 4.74 Å². The number of rotatable bonds is 9. The average molecular weight is 292 g/mol. The number of ether oxygens (including phenoxy) is 1. The number of halogens is 1. The highest BCUT2D eigenvalue weighted by atomic mass is 19.1. The summed E-state index contributed by atoms with van der Waals surface area (Å²) in [6, 6.07) is 7.48. The molecule has 0 fully saturated rings. The number of benzene rings is 1. The molecule has 0 radical (unpaired) electrons. The molecule has 3 nitrogen and oxygen atoms in total. The van der Waals surface area contributed by atoms with Crippen LogP contribution in [0, 0.1) is 24.1 Å². The molecule has 0 amide bonds. The van der Waals surface area contributed by atoms with Crippen molar-refractivity contribution in [3.63, 3.8) is 0 Å². The molecule has 0 bridgehead atoms. The first-order valence-corrected chi connectivity index (χ1v) is 7.56. The number of nitrogens with zero attached hydrogens (tertiary/aromatic N) is 1. The zero-order chi connectivity index (χ0) is 15.7. The maximum absolute atomic E-state index is 13.7. The highest BCUT2D eigenvalue weighted by Crippen LogP contribution is 2.20. The van der Waals surface area contributed by atoms with Gasteiger partial charge in [-0.2, -0.15) is 5.26 Å². The number of nitrogens with one attached hydrogen (secondary N) is 1. The van der Waals surface area contributed by atoms with Gasteiger partial charge in [0.05, 0.1) is 12.7 Å². The van der Waals surface area contributed by atoms with Crippen molar-refractivity contribution in [2.24, 2.45) is 0 Å². The van der Waals surface area contributed by atoms with E-state index in [2.05, 4.69) is 18.3 Å². The molecule has 116 valence electrons. The standard InChI is InChI=1S/C17H25FN2O/c1-4-11-20-17(3,13-19)10-5-6-12-21-15-9-7-8-14(2)16(15)18/h7-9,20H,4-6,10-12H2,1-3H3. The zero-order valence-corrected chi connectivity index (χ0v) is 13.2. The molecule has 1 N–H and O–H groups in total. The highest BCUT2D eigenvalue weighted by Gasteiger charge is 2.21. The first-order chi connectivity index (χ1) is 10.0. The number of hydrogen-bond donors (Lipinski definition) is 1. The lowest BCUT2D eigenvalue weighted by Gasteiger charge is -2.23. The molecule has 0 aliphatic rings. The van der Waals surface area contributed by atoms with E-state index in [0.717, 1.165) is 32.2 Å². The van der Waals surface area contributed by atoms with Crippen molar-refractivity contribution in [2.45, 2.75) is 52.0 Å². The molecular weight excluding hydrogens is 267 g/mol. The molecular formula is C17H25FN2O. The molecule has 0 saturated carbocycles. The molecule has 1 aromatic carbocycles. The minimum absolute atomic E-state index is 0.288. The smallest absolute Gasteiger partial charge is 0.167 e. The third-order valence-electron chi connectivity index (χ3n) is 3.50. The van der Waals surface area contributed by atoms with Gasteiger partial charge in [0.1, 0.15) is 5.54 Å². The van der Waals surface area contributed by atoms with Gasteiger partial charge in [-0.3, -0.25) is 5.32 Å². The van der Waals surface area contributed by atoms with Crippen molar-refractivity contribution >= 4 is 0 Å². The van der Waals surface area contributed by atoms with Gasteiger partial charge < -0.3 is 4.74 Å². The van der Waals surface area contributed by atoms with Gasteiger partial charge in [0, 0.05) is 0 Å². The van der Waals surface area contributed by atoms with Crippen molar-refractivity contribution in [3.05, 3.63) is 29.6 Å². The fraction of sp³-hybridized carbons (Fsp3) is 0.588. The van der Waals surface area contributed by atoms with Crippen LogP contribution in [0.25, 0.3) is 0 Å². The Kier molecular flexibility index (Phi) is 7.18. The average Bonchev–Trinajstić information content (AvgIpc) is 2.49. The van der Waals surface area contributed by atoms with Gasteiger partial charge in [0.25, 0.3) is 0 Å². The lowest BCUT2D eigenvalue weighted by atomic mass is 9.96. The largest absolute Gasteiger partial charge is 0.491 e. The third-order valence-corrected chi connectivity index (χ3v) is 3.50. The number of nitriles is 1. The van der Waals surface area contributed by atoms with Gasteiger partial charge in [0.2, 0.25) is 0 Å². The van der Waals surface area contributed by atoms with E-state index in [1.807, 2.05) is 6.92 Å². The molecule has 1 unspecified atom stereocenters. The molecule has 1 aromatic rings. The fourth-order valence-corrected chi connectivity index (χ4v) is 2.08. The molecule has 4 heteroatoms. The van der Waals surface area contributed by atoms with Crippen molar-refractivity contribution in [3.8, 4) is 11.8 Å². The van der Waals surface area contributed by atoms with Crippen LogP contribution in [0.3, 0.4) is 0 Å². The van der Waals surface area contributed by atoms with Crippen LogP contribution in [0.15, 0.2) is 18.2 Å². The molecule has 21 heavy (non-hydrogen) atoms. The molecule has 0 spiro atoms. The van der Waals surface area contributed by atoms with Gasteiger partial charge in [0.15, 0.2) is 11.6 Å². The summed E-state index contributed by atoms with van der Waals surface area (Å²) >= 11 is 0. The van der Waals surface area contributed by atoms with E-state index in [1.54, 1.807) is 25.1 Å². The SMILES string of the molecule is CCCNC(C)(C#N)CCCCOc1cccc(C)c1F. The van der Waals surface area contributed by atoms with E-state index in [9.17, 15) is 9.65 Å². The normalized spacial score (nSPS) is 13.5. The van der Waals surface area contributed by atoms with Crippen LogP contribution in [0.5, 0.6) is 5.75 Å². The summed E-state index contributed by atoms with van der Waals surface area (Å²) in [6.07, 6.45) is 3.45. The second-order valence-electron chi connectivity index (χ2n) is 5.56. The van der Waals surface area contributed by atoms with Crippen LogP contribution >= 0.6 is 0 Å². The number of hydrogen-bond acceptors (Lipinski definition) is 3. The minimum atomic E-state index is -0.482. The molecule has 1 atom stereocenters. The number of aryl methyl sites for hydroxylation is 1. The van der Waals surface area contributed by atoms with Crippen molar-refractivity contribution in [1.82, 2.24) is 5.32 Å². The third kappa shape index (κ3) is 5.73. The molecule has 0 aliphatic heterocycles. The molecule has 0 heterocycles. The van der Waals surface area contributed by atoms with Crippen LogP contribution in [0.2, 0.25) is 0 Å². The summed E-state index contributed by atoms with van der Waals surface area (Å²) in [6.45, 7) is 7.03. The Bertz CT molecular complexity index is 484. The second kappa shape index (κ2) is 8.63. The Balaban J connectivity index is 2.31. The molecule has 0 aromatic heterocycles. The summed E-state index contributed by atoms with van der Waals surface area (Å²) in [5.41, 5.74) is 0.109. The van der Waals surface area contributed by atoms with Gasteiger partial charge in [-0.15, -0.1) is 0 Å². The van der Waals surface area contributed by atoms with E-state index >= 15 is 0 Å². The summed E-state index contributed by atoms with van der Waals surface area (Å²) < 4.78 is 19.2. The summed E-state index contributed by atoms with van der Waals surface area (Å²) in [4.78, 5) is 0. The van der Waals surface area contributed by atoms with Gasteiger partial charge >= 0.3 is 0 Å². The van der Waals surface area contributed by atoms with Gasteiger partial charge in [-0.25, -0.2) is 4.39 Å². The summed E-state index contributed by atoms with van der Waals surface area (Å²) in [5.74, 6) is 0.0196. The van der Waals surface area contributed by atoms with Crippen molar-refractivity contribution in [2.75, 3.05) is 13.2 Å². The Morgan fingerprint density at radius 3 is 2.81 bits per heavy atom. The topological polar surface area (TPSA) is 45.0 Å². The Morgan fingerprint density at radius 1 is 1.38 bits per heavy atom. The fourth-order valence-electron chi connectivity index (χ4n) is 2.08. The van der Waals surface area contributed by atoms with Crippen LogP contribution in [0.1, 0.15) is 45.1 Å². The maximum atomic E-state index is 13.7. The summed E-state index contributed by atoms with van der Waals surface area (Å²) in [7, 11) is 0. The molecule has 0 aliphatic carbocycles. The Labute approximate surface area is 127 Å². The first kappa shape index (κ1) is 17.5. The lowest BCUT2D eigenvalue weighted by molar-refractivity contribution is 0.282. The summed E-state index contributed by atoms with van der Waals surface area (Å²) in [5, 5.41) is 12.5. The van der Waals surface area contributed by atoms with Crippen molar-refractivity contribution < 1.29 is 9.13 Å². The van der Waals surface area contributed by atoms with E-state index < -0.39 is 5.54 Å². The van der Waals surface area contributed by atoms with Gasteiger partial charge in [-0.1, -0.05) is 19.1 Å². The van der Waals surface area contributed by atoms with Gasteiger partial charge in [-0.05, 0) is 57.7 Å². The van der Waals surface area contributed by atoms with Crippen LogP contribution < -0.4 is 10.1 Å². The molecule has 1 rings (SSSR count). The van der Waals surface area contributed by atoms with Crippen molar-refractivity contribution in [1.29, 1.82) is 5.26 Å². The predicted molar refractivity (Wildman–Crippen MR) is 82.8 cm³/mol. The lowest BCUT2D eigenvalue weighted by Crippen LogP contribution is -2.41. The van der Waals surface area contributed by atoms with E-state index in [-0.39, 0.29) is 5.82 Å². The van der Waals surface area contributed by atoms with E-state index in [1.165, 1.54) is 0 Å². The van der Waals surface area contributed by atoms with Crippen LogP contribution in [0.4, 0.5) is 4.39 Å². The maximum Gasteiger partial charge on any atom is 0.167 e. The van der Waals surface area contributed by atoms with E-state index in [0.29, 0.717) is 17.9 Å². The Morgan fingerprint density at radius 2 is 2.14 bits per heavy atom.